The van der Waals surface area contributed by atoms with E-state index >= 15 is 0 Å². The number of nitrogens with zero attached hydrogens (tertiary/aromatic N) is 1. The molecule has 3 heteroatoms. The molecule has 0 aromatic heterocycles. The van der Waals surface area contributed by atoms with E-state index in [1.54, 1.807) is 0 Å². The van der Waals surface area contributed by atoms with Crippen molar-refractivity contribution in [2.45, 2.75) is 38.4 Å². The highest BCUT2D eigenvalue weighted by Crippen LogP contribution is 2.11. The van der Waals surface area contributed by atoms with Crippen molar-refractivity contribution in [3.63, 3.8) is 0 Å². The third kappa shape index (κ3) is 2.80. The van der Waals surface area contributed by atoms with Gasteiger partial charge in [0.25, 0.3) is 0 Å². The molecule has 1 fully saturated rings. The van der Waals surface area contributed by atoms with Crippen LogP contribution in [-0.2, 0) is 4.74 Å². The minimum Gasteiger partial charge on any atom is -0.360 e. The molecule has 1 N–H and O–H groups in total. The molecule has 1 saturated heterocycles. The van der Waals surface area contributed by atoms with Crippen LogP contribution in [0.15, 0.2) is 0 Å². The van der Waals surface area contributed by atoms with Gasteiger partial charge < -0.3 is 10.1 Å². The first kappa shape index (κ1) is 9.50. The van der Waals surface area contributed by atoms with Gasteiger partial charge in [-0.2, -0.15) is 5.26 Å². The maximum absolute atomic E-state index is 8.67. The molecule has 0 aromatic carbocycles. The molecule has 12 heavy (non-hydrogen) atoms. The predicted molar refractivity (Wildman–Crippen MR) is 46.7 cm³/mol. The summed E-state index contributed by atoms with van der Waals surface area (Å²) in [6, 6.07) is 2.16. The van der Waals surface area contributed by atoms with Crippen LogP contribution in [0.4, 0.5) is 0 Å². The Morgan fingerprint density at radius 2 is 2.25 bits per heavy atom. The topological polar surface area (TPSA) is 45.0 Å². The van der Waals surface area contributed by atoms with Crippen LogP contribution in [0.25, 0.3) is 0 Å². The summed E-state index contributed by atoms with van der Waals surface area (Å²) in [4.78, 5) is 0. The van der Waals surface area contributed by atoms with Gasteiger partial charge in [0.2, 0.25) is 0 Å². The smallest absolute Gasteiger partial charge is 0.144 e. The number of ether oxygens (including phenoxy) is 1. The summed E-state index contributed by atoms with van der Waals surface area (Å²) in [5, 5.41) is 11.9. The number of hydrogen-bond acceptors (Lipinski definition) is 3. The molecule has 68 valence electrons. The number of rotatable bonds is 3. The zero-order chi connectivity index (χ0) is 8.81. The molecule has 1 rings (SSSR count). The molecular formula is C9H16N2O. The van der Waals surface area contributed by atoms with Crippen molar-refractivity contribution in [1.29, 1.82) is 5.26 Å². The lowest BCUT2D eigenvalue weighted by molar-refractivity contribution is -0.000969. The summed E-state index contributed by atoms with van der Waals surface area (Å²) in [5.41, 5.74) is 0. The van der Waals surface area contributed by atoms with Gasteiger partial charge >= 0.3 is 0 Å². The van der Waals surface area contributed by atoms with Gasteiger partial charge in [-0.25, -0.2) is 0 Å². The maximum atomic E-state index is 8.67. The summed E-state index contributed by atoms with van der Waals surface area (Å²) in [5.74, 6) is 0. The second kappa shape index (κ2) is 5.13. The lowest BCUT2D eigenvalue weighted by Crippen LogP contribution is -2.34. The largest absolute Gasteiger partial charge is 0.360 e. The fraction of sp³-hybridized carbons (Fsp3) is 0.889. The molecule has 0 spiro atoms. The van der Waals surface area contributed by atoms with Crippen molar-refractivity contribution in [3.05, 3.63) is 0 Å². The van der Waals surface area contributed by atoms with E-state index in [4.69, 9.17) is 10.00 Å². The monoisotopic (exact) mass is 168 g/mol. The van der Waals surface area contributed by atoms with Crippen LogP contribution in [0.3, 0.4) is 0 Å². The van der Waals surface area contributed by atoms with E-state index in [1.807, 2.05) is 6.92 Å². The Kier molecular flexibility index (Phi) is 4.06. The quantitative estimate of drug-likeness (QED) is 0.685. The van der Waals surface area contributed by atoms with Crippen molar-refractivity contribution >= 4 is 0 Å². The summed E-state index contributed by atoms with van der Waals surface area (Å²) in [6.45, 7) is 4.02. The highest BCUT2D eigenvalue weighted by molar-refractivity contribution is 4.84. The van der Waals surface area contributed by atoms with Crippen molar-refractivity contribution in [3.8, 4) is 6.07 Å². The Bertz CT molecular complexity index is 158. The second-order valence-corrected chi connectivity index (χ2v) is 3.11. The molecule has 0 saturated carbocycles. The summed E-state index contributed by atoms with van der Waals surface area (Å²) in [6.07, 6.45) is 2.97. The first-order valence-corrected chi connectivity index (χ1v) is 4.62. The van der Waals surface area contributed by atoms with Gasteiger partial charge in [-0.1, -0.05) is 6.92 Å². The van der Waals surface area contributed by atoms with Gasteiger partial charge in [-0.15, -0.1) is 0 Å². The normalized spacial score (nSPS) is 21.7. The van der Waals surface area contributed by atoms with Crippen LogP contribution in [0, 0.1) is 11.3 Å². The third-order valence-electron chi connectivity index (χ3n) is 2.16. The predicted octanol–water partition coefficient (Wildman–Crippen LogP) is 1.06. The third-order valence-corrected chi connectivity index (χ3v) is 2.16. The van der Waals surface area contributed by atoms with Gasteiger partial charge in [-0.05, 0) is 32.4 Å². The fourth-order valence-electron chi connectivity index (χ4n) is 1.38. The summed E-state index contributed by atoms with van der Waals surface area (Å²) >= 11 is 0. The molecule has 1 heterocycles. The molecule has 0 amide bonds. The van der Waals surface area contributed by atoms with Crippen LogP contribution in [-0.4, -0.2) is 25.3 Å². The molecule has 0 aromatic rings. The summed E-state index contributed by atoms with van der Waals surface area (Å²) in [7, 11) is 0. The van der Waals surface area contributed by atoms with E-state index in [9.17, 15) is 0 Å². The lowest BCUT2D eigenvalue weighted by Gasteiger charge is -2.24. The molecule has 1 atom stereocenters. The average Bonchev–Trinajstić information content (AvgIpc) is 2.16. The molecule has 0 aliphatic carbocycles. The van der Waals surface area contributed by atoms with Gasteiger partial charge in [0, 0.05) is 0 Å². The zero-order valence-corrected chi connectivity index (χ0v) is 7.55. The molecule has 0 bridgehead atoms. The molecule has 3 nitrogen and oxygen atoms in total. The van der Waals surface area contributed by atoms with Crippen LogP contribution in [0.2, 0.25) is 0 Å². The van der Waals surface area contributed by atoms with E-state index in [0.29, 0.717) is 6.10 Å². The van der Waals surface area contributed by atoms with Crippen molar-refractivity contribution in [2.75, 3.05) is 13.1 Å². The van der Waals surface area contributed by atoms with E-state index in [2.05, 4.69) is 11.4 Å². The zero-order valence-electron chi connectivity index (χ0n) is 7.55. The van der Waals surface area contributed by atoms with Crippen molar-refractivity contribution < 1.29 is 4.74 Å². The Balaban J connectivity index is 2.24. The number of hydrogen-bond donors (Lipinski definition) is 1. The minimum absolute atomic E-state index is 0.201. The van der Waals surface area contributed by atoms with Gasteiger partial charge in [0.1, 0.15) is 6.10 Å². The molecule has 1 aliphatic rings. The first-order valence-electron chi connectivity index (χ1n) is 4.62. The Labute approximate surface area is 73.7 Å². The minimum atomic E-state index is -0.201. The number of nitrogens with one attached hydrogen (secondary N) is 1. The van der Waals surface area contributed by atoms with Gasteiger partial charge in [0.05, 0.1) is 12.2 Å². The van der Waals surface area contributed by atoms with Gasteiger partial charge in [-0.3, -0.25) is 0 Å². The van der Waals surface area contributed by atoms with Crippen LogP contribution < -0.4 is 5.32 Å². The fourth-order valence-corrected chi connectivity index (χ4v) is 1.38. The summed E-state index contributed by atoms with van der Waals surface area (Å²) < 4.78 is 5.59. The first-order chi connectivity index (χ1) is 5.86. The Morgan fingerprint density at radius 3 is 2.75 bits per heavy atom. The van der Waals surface area contributed by atoms with E-state index in [0.717, 1.165) is 32.4 Å². The van der Waals surface area contributed by atoms with Gasteiger partial charge in [0.15, 0.2) is 0 Å². The molecular weight excluding hydrogens is 152 g/mol. The second-order valence-electron chi connectivity index (χ2n) is 3.11. The number of nitriles is 1. The molecule has 0 radical (unpaired) electrons. The highest BCUT2D eigenvalue weighted by Gasteiger charge is 2.17. The standard InChI is InChI=1S/C9H16N2O/c1-2-8(7-10)12-9-3-5-11-6-4-9/h8-9,11H,2-6H2,1H3. The molecule has 1 unspecified atom stereocenters. The van der Waals surface area contributed by atoms with E-state index in [1.165, 1.54) is 0 Å². The number of piperidine rings is 1. The van der Waals surface area contributed by atoms with Crippen LogP contribution >= 0.6 is 0 Å². The van der Waals surface area contributed by atoms with Crippen LogP contribution in [0.5, 0.6) is 0 Å². The molecule has 1 aliphatic heterocycles. The Morgan fingerprint density at radius 1 is 1.58 bits per heavy atom. The average molecular weight is 168 g/mol. The highest BCUT2D eigenvalue weighted by atomic mass is 16.5. The Hall–Kier alpha value is -0.590. The SMILES string of the molecule is CCC(C#N)OC1CCNCC1. The lowest BCUT2D eigenvalue weighted by atomic mass is 10.1. The van der Waals surface area contributed by atoms with Crippen molar-refractivity contribution in [1.82, 2.24) is 5.32 Å². The van der Waals surface area contributed by atoms with E-state index < -0.39 is 0 Å². The van der Waals surface area contributed by atoms with E-state index in [-0.39, 0.29) is 6.10 Å². The van der Waals surface area contributed by atoms with Crippen LogP contribution in [0.1, 0.15) is 26.2 Å². The maximum Gasteiger partial charge on any atom is 0.144 e. The van der Waals surface area contributed by atoms with Crippen molar-refractivity contribution in [2.24, 2.45) is 0 Å².